The van der Waals surface area contributed by atoms with Gasteiger partial charge in [-0.15, -0.1) is 12.4 Å². The van der Waals surface area contributed by atoms with Crippen LogP contribution in [0.2, 0.25) is 0 Å². The maximum absolute atomic E-state index is 12.3. The van der Waals surface area contributed by atoms with E-state index in [2.05, 4.69) is 10.5 Å². The standard InChI is InChI=1S/C17H23N3O3.ClH/c1-11(8-18)9-19-17(21)14-6-4-5-7-16(14)22-10-15-12(2)20-23-13(15)3;/h4-7,11H,8-10,18H2,1-3H3,(H,19,21);1H. The molecule has 0 aliphatic heterocycles. The fraction of sp³-hybridized carbons (Fsp3) is 0.412. The Labute approximate surface area is 148 Å². The van der Waals surface area contributed by atoms with Crippen LogP contribution in [0.25, 0.3) is 0 Å². The van der Waals surface area contributed by atoms with Crippen molar-refractivity contribution in [2.24, 2.45) is 11.7 Å². The summed E-state index contributed by atoms with van der Waals surface area (Å²) in [6.45, 7) is 7.07. The summed E-state index contributed by atoms with van der Waals surface area (Å²) in [5, 5.41) is 6.77. The fourth-order valence-electron chi connectivity index (χ4n) is 2.08. The third-order valence-electron chi connectivity index (χ3n) is 3.70. The van der Waals surface area contributed by atoms with Crippen LogP contribution in [0.15, 0.2) is 28.8 Å². The van der Waals surface area contributed by atoms with Crippen molar-refractivity contribution in [3.8, 4) is 5.75 Å². The maximum atomic E-state index is 12.3. The topological polar surface area (TPSA) is 90.4 Å². The number of hydrogen-bond donors (Lipinski definition) is 2. The van der Waals surface area contributed by atoms with Crippen molar-refractivity contribution in [1.82, 2.24) is 10.5 Å². The van der Waals surface area contributed by atoms with Crippen molar-refractivity contribution in [3.63, 3.8) is 0 Å². The lowest BCUT2D eigenvalue weighted by Gasteiger charge is -2.13. The summed E-state index contributed by atoms with van der Waals surface area (Å²) in [5.74, 6) is 1.32. The van der Waals surface area contributed by atoms with E-state index in [1.54, 1.807) is 12.1 Å². The largest absolute Gasteiger partial charge is 0.488 e. The van der Waals surface area contributed by atoms with Crippen LogP contribution in [0.3, 0.4) is 0 Å². The SMILES string of the molecule is Cc1noc(C)c1COc1ccccc1C(=O)NCC(C)CN.Cl. The predicted molar refractivity (Wildman–Crippen MR) is 94.6 cm³/mol. The number of para-hydroxylation sites is 1. The molecule has 1 atom stereocenters. The molecule has 2 rings (SSSR count). The van der Waals surface area contributed by atoms with Gasteiger partial charge >= 0.3 is 0 Å². The molecule has 0 saturated carbocycles. The number of nitrogens with one attached hydrogen (secondary N) is 1. The Morgan fingerprint density at radius 3 is 2.71 bits per heavy atom. The Balaban J connectivity index is 0.00000288. The maximum Gasteiger partial charge on any atom is 0.255 e. The molecular weight excluding hydrogens is 330 g/mol. The third kappa shape index (κ3) is 4.97. The summed E-state index contributed by atoms with van der Waals surface area (Å²) in [4.78, 5) is 12.3. The number of nitrogens with zero attached hydrogens (tertiary/aromatic N) is 1. The summed E-state index contributed by atoms with van der Waals surface area (Å²) >= 11 is 0. The van der Waals surface area contributed by atoms with Crippen LogP contribution in [-0.2, 0) is 6.61 Å². The second-order valence-corrected chi connectivity index (χ2v) is 5.64. The summed E-state index contributed by atoms with van der Waals surface area (Å²) in [6.07, 6.45) is 0. The molecule has 0 aliphatic rings. The van der Waals surface area contributed by atoms with Gasteiger partial charge in [0.2, 0.25) is 0 Å². The van der Waals surface area contributed by atoms with E-state index < -0.39 is 0 Å². The molecule has 24 heavy (non-hydrogen) atoms. The molecule has 7 heteroatoms. The van der Waals surface area contributed by atoms with Gasteiger partial charge in [0, 0.05) is 6.54 Å². The molecule has 2 aromatic rings. The molecule has 0 spiro atoms. The van der Waals surface area contributed by atoms with E-state index in [0.29, 0.717) is 31.0 Å². The number of carbonyl (C=O) groups is 1. The highest BCUT2D eigenvalue weighted by atomic mass is 35.5. The zero-order valence-electron chi connectivity index (χ0n) is 14.2. The normalized spacial score (nSPS) is 11.5. The van der Waals surface area contributed by atoms with Gasteiger partial charge < -0.3 is 20.3 Å². The molecule has 1 heterocycles. The zero-order valence-corrected chi connectivity index (χ0v) is 15.0. The summed E-state index contributed by atoms with van der Waals surface area (Å²) in [5.41, 5.74) is 7.76. The zero-order chi connectivity index (χ0) is 16.8. The first-order chi connectivity index (χ1) is 11.0. The minimum atomic E-state index is -0.167. The van der Waals surface area contributed by atoms with Crippen molar-refractivity contribution in [1.29, 1.82) is 0 Å². The number of amides is 1. The second kappa shape index (κ2) is 9.30. The third-order valence-corrected chi connectivity index (χ3v) is 3.70. The number of nitrogens with two attached hydrogens (primary N) is 1. The van der Waals surface area contributed by atoms with E-state index in [9.17, 15) is 4.79 Å². The van der Waals surface area contributed by atoms with Crippen molar-refractivity contribution in [2.75, 3.05) is 13.1 Å². The van der Waals surface area contributed by atoms with Gasteiger partial charge in [-0.05, 0) is 38.4 Å². The van der Waals surface area contributed by atoms with Gasteiger partial charge in [-0.25, -0.2) is 0 Å². The van der Waals surface area contributed by atoms with E-state index in [-0.39, 0.29) is 24.2 Å². The molecule has 0 saturated heterocycles. The highest BCUT2D eigenvalue weighted by molar-refractivity contribution is 5.96. The van der Waals surface area contributed by atoms with Crippen molar-refractivity contribution >= 4 is 18.3 Å². The molecule has 0 radical (unpaired) electrons. The summed E-state index contributed by atoms with van der Waals surface area (Å²) in [7, 11) is 0. The molecule has 0 fully saturated rings. The van der Waals surface area contributed by atoms with E-state index in [1.807, 2.05) is 32.9 Å². The number of hydrogen-bond acceptors (Lipinski definition) is 5. The highest BCUT2D eigenvalue weighted by Crippen LogP contribution is 2.21. The van der Waals surface area contributed by atoms with Gasteiger partial charge in [0.1, 0.15) is 18.1 Å². The van der Waals surface area contributed by atoms with Crippen molar-refractivity contribution < 1.29 is 14.1 Å². The van der Waals surface area contributed by atoms with Crippen LogP contribution in [0.1, 0.15) is 34.3 Å². The molecule has 6 nitrogen and oxygen atoms in total. The van der Waals surface area contributed by atoms with E-state index in [0.717, 1.165) is 17.0 Å². The number of aryl methyl sites for hydroxylation is 2. The van der Waals surface area contributed by atoms with Gasteiger partial charge in [-0.2, -0.15) is 0 Å². The van der Waals surface area contributed by atoms with Gasteiger partial charge in [0.05, 0.1) is 16.8 Å². The van der Waals surface area contributed by atoms with Gasteiger partial charge in [0.25, 0.3) is 5.91 Å². The molecule has 3 N–H and O–H groups in total. The number of carbonyl (C=O) groups excluding carboxylic acids is 1. The molecule has 132 valence electrons. The Morgan fingerprint density at radius 1 is 1.38 bits per heavy atom. The van der Waals surface area contributed by atoms with Crippen LogP contribution >= 0.6 is 12.4 Å². The first-order valence-electron chi connectivity index (χ1n) is 7.64. The van der Waals surface area contributed by atoms with Crippen LogP contribution in [0.4, 0.5) is 0 Å². The second-order valence-electron chi connectivity index (χ2n) is 5.64. The molecule has 1 unspecified atom stereocenters. The lowest BCUT2D eigenvalue weighted by molar-refractivity contribution is 0.0944. The molecule has 1 aromatic carbocycles. The highest BCUT2D eigenvalue weighted by Gasteiger charge is 2.15. The van der Waals surface area contributed by atoms with E-state index in [4.69, 9.17) is 15.0 Å². The van der Waals surface area contributed by atoms with Crippen LogP contribution in [0, 0.1) is 19.8 Å². The minimum absolute atomic E-state index is 0. The number of aromatic nitrogens is 1. The monoisotopic (exact) mass is 353 g/mol. The molecule has 0 bridgehead atoms. The lowest BCUT2D eigenvalue weighted by atomic mass is 10.1. The average molecular weight is 354 g/mol. The van der Waals surface area contributed by atoms with Crippen LogP contribution in [0.5, 0.6) is 5.75 Å². The van der Waals surface area contributed by atoms with Gasteiger partial charge in [0.15, 0.2) is 0 Å². The first kappa shape index (κ1) is 20.0. The first-order valence-corrected chi connectivity index (χ1v) is 7.64. The van der Waals surface area contributed by atoms with E-state index >= 15 is 0 Å². The van der Waals surface area contributed by atoms with Gasteiger partial charge in [-0.3, -0.25) is 4.79 Å². The van der Waals surface area contributed by atoms with E-state index in [1.165, 1.54) is 0 Å². The Morgan fingerprint density at radius 2 is 2.08 bits per heavy atom. The summed E-state index contributed by atoms with van der Waals surface area (Å²) < 4.78 is 10.9. The van der Waals surface area contributed by atoms with Crippen molar-refractivity contribution in [3.05, 3.63) is 46.8 Å². The molecular formula is C17H24ClN3O3. The van der Waals surface area contributed by atoms with Gasteiger partial charge in [-0.1, -0.05) is 24.2 Å². The number of benzene rings is 1. The van der Waals surface area contributed by atoms with Crippen LogP contribution < -0.4 is 15.8 Å². The molecule has 1 amide bonds. The minimum Gasteiger partial charge on any atom is -0.488 e. The van der Waals surface area contributed by atoms with Crippen molar-refractivity contribution in [2.45, 2.75) is 27.4 Å². The Bertz CT molecular complexity index is 653. The fourth-order valence-corrected chi connectivity index (χ4v) is 2.08. The Kier molecular flexibility index (Phi) is 7.74. The quantitative estimate of drug-likeness (QED) is 0.798. The molecule has 1 aromatic heterocycles. The summed E-state index contributed by atoms with van der Waals surface area (Å²) in [6, 6.07) is 7.16. The smallest absolute Gasteiger partial charge is 0.255 e. The number of halogens is 1. The van der Waals surface area contributed by atoms with Crippen LogP contribution in [-0.4, -0.2) is 24.2 Å². The number of rotatable bonds is 7. The average Bonchev–Trinajstić information content (AvgIpc) is 2.89. The Hall–Kier alpha value is -2.05. The number of ether oxygens (including phenoxy) is 1. The lowest BCUT2D eigenvalue weighted by Crippen LogP contribution is -2.31. The predicted octanol–water partition coefficient (Wildman–Crippen LogP) is 2.62. The molecule has 0 aliphatic carbocycles.